The van der Waals surface area contributed by atoms with Crippen molar-refractivity contribution in [3.05, 3.63) is 0 Å². The smallest absolute Gasteiger partial charge is 0.0362 e. The summed E-state index contributed by atoms with van der Waals surface area (Å²) in [6.45, 7) is 6.17. The second-order valence-corrected chi connectivity index (χ2v) is 7.15. The van der Waals surface area contributed by atoms with Gasteiger partial charge in [0, 0.05) is 11.6 Å². The molecule has 3 fully saturated rings. The fourth-order valence-electron chi connectivity index (χ4n) is 4.64. The van der Waals surface area contributed by atoms with Crippen LogP contribution in [0.25, 0.3) is 0 Å². The molecule has 1 unspecified atom stereocenters. The molecule has 0 aromatic rings. The topological polar surface area (TPSA) is 15.3 Å². The molecule has 3 rings (SSSR count). The Hall–Kier alpha value is -0.0800. The molecule has 19 heavy (non-hydrogen) atoms. The van der Waals surface area contributed by atoms with E-state index < -0.39 is 0 Å². The highest BCUT2D eigenvalue weighted by Crippen LogP contribution is 2.44. The van der Waals surface area contributed by atoms with E-state index in [2.05, 4.69) is 17.1 Å². The van der Waals surface area contributed by atoms with Gasteiger partial charge in [-0.25, -0.2) is 0 Å². The van der Waals surface area contributed by atoms with Crippen LogP contribution in [0, 0.1) is 5.92 Å². The van der Waals surface area contributed by atoms with Crippen molar-refractivity contribution in [2.45, 2.75) is 82.7 Å². The molecule has 2 aliphatic carbocycles. The summed E-state index contributed by atoms with van der Waals surface area (Å²) in [5.41, 5.74) is 0.527. The standard InChI is InChI=1S/C17H32N2/c1-2-18-16(14-15-8-9-15)17(10-4-5-11-17)19-12-6-3-7-13-19/h15-16,18H,2-14H2,1H3. The largest absolute Gasteiger partial charge is 0.312 e. The quantitative estimate of drug-likeness (QED) is 0.789. The third kappa shape index (κ3) is 3.00. The van der Waals surface area contributed by atoms with Crippen LogP contribution in [0.15, 0.2) is 0 Å². The molecule has 2 nitrogen and oxygen atoms in total. The molecule has 2 saturated carbocycles. The Balaban J connectivity index is 1.75. The normalized spacial score (nSPS) is 29.5. The maximum Gasteiger partial charge on any atom is 0.0362 e. The van der Waals surface area contributed by atoms with E-state index in [1.807, 2.05) is 0 Å². The lowest BCUT2D eigenvalue weighted by atomic mass is 9.81. The highest BCUT2D eigenvalue weighted by Gasteiger charge is 2.47. The fraction of sp³-hybridized carbons (Fsp3) is 1.00. The number of hydrogen-bond acceptors (Lipinski definition) is 2. The van der Waals surface area contributed by atoms with Crippen molar-refractivity contribution >= 4 is 0 Å². The molecule has 1 aliphatic heterocycles. The summed E-state index contributed by atoms with van der Waals surface area (Å²) in [6.07, 6.45) is 14.6. The van der Waals surface area contributed by atoms with E-state index in [4.69, 9.17) is 0 Å². The molecular formula is C17H32N2. The maximum absolute atomic E-state index is 3.89. The molecule has 1 heterocycles. The lowest BCUT2D eigenvalue weighted by Gasteiger charge is -2.49. The SMILES string of the molecule is CCNC(CC1CC1)C1(N2CCCCC2)CCCC1. The zero-order valence-corrected chi connectivity index (χ0v) is 12.8. The van der Waals surface area contributed by atoms with Crippen LogP contribution in [-0.2, 0) is 0 Å². The van der Waals surface area contributed by atoms with Crippen molar-refractivity contribution in [2.24, 2.45) is 5.92 Å². The van der Waals surface area contributed by atoms with E-state index in [1.165, 1.54) is 77.3 Å². The van der Waals surface area contributed by atoms with E-state index in [0.717, 1.165) is 18.5 Å². The first-order valence-electron chi connectivity index (χ1n) is 8.83. The molecule has 3 aliphatic rings. The Kier molecular flexibility index (Phi) is 4.48. The van der Waals surface area contributed by atoms with Crippen molar-refractivity contribution in [2.75, 3.05) is 19.6 Å². The first-order chi connectivity index (χ1) is 9.35. The predicted octanol–water partition coefficient (Wildman–Crippen LogP) is 3.56. The van der Waals surface area contributed by atoms with E-state index in [0.29, 0.717) is 5.54 Å². The van der Waals surface area contributed by atoms with E-state index in [1.54, 1.807) is 0 Å². The third-order valence-electron chi connectivity index (χ3n) is 5.82. The zero-order valence-electron chi connectivity index (χ0n) is 12.8. The first kappa shape index (κ1) is 13.9. The Morgan fingerprint density at radius 2 is 1.74 bits per heavy atom. The summed E-state index contributed by atoms with van der Waals surface area (Å²) in [7, 11) is 0. The molecule has 0 spiro atoms. The summed E-state index contributed by atoms with van der Waals surface area (Å²) >= 11 is 0. The minimum atomic E-state index is 0.527. The van der Waals surface area contributed by atoms with E-state index in [9.17, 15) is 0 Å². The van der Waals surface area contributed by atoms with Crippen LogP contribution in [0.4, 0.5) is 0 Å². The molecule has 2 heteroatoms. The minimum absolute atomic E-state index is 0.527. The van der Waals surface area contributed by atoms with Gasteiger partial charge in [-0.15, -0.1) is 0 Å². The van der Waals surface area contributed by atoms with E-state index >= 15 is 0 Å². The number of nitrogens with zero attached hydrogens (tertiary/aromatic N) is 1. The average Bonchev–Trinajstić information content (AvgIpc) is 3.13. The lowest BCUT2D eigenvalue weighted by Crippen LogP contribution is -2.61. The summed E-state index contributed by atoms with van der Waals surface area (Å²) in [6, 6.07) is 0.769. The molecular weight excluding hydrogens is 232 g/mol. The summed E-state index contributed by atoms with van der Waals surface area (Å²) in [5.74, 6) is 1.05. The fourth-order valence-corrected chi connectivity index (χ4v) is 4.64. The lowest BCUT2D eigenvalue weighted by molar-refractivity contribution is 0.0327. The van der Waals surface area contributed by atoms with Crippen molar-refractivity contribution < 1.29 is 0 Å². The second-order valence-electron chi connectivity index (χ2n) is 7.15. The Bertz CT molecular complexity index is 273. The number of rotatable bonds is 6. The van der Waals surface area contributed by atoms with Gasteiger partial charge in [0.05, 0.1) is 0 Å². The van der Waals surface area contributed by atoms with Crippen LogP contribution >= 0.6 is 0 Å². The molecule has 0 radical (unpaired) electrons. The van der Waals surface area contributed by atoms with Crippen LogP contribution < -0.4 is 5.32 Å². The molecule has 1 saturated heterocycles. The Labute approximate surface area is 119 Å². The number of likely N-dealkylation sites (N-methyl/N-ethyl adjacent to an activating group) is 1. The summed E-state index contributed by atoms with van der Waals surface area (Å²) in [4.78, 5) is 2.90. The van der Waals surface area contributed by atoms with Crippen LogP contribution in [-0.4, -0.2) is 36.1 Å². The minimum Gasteiger partial charge on any atom is -0.312 e. The monoisotopic (exact) mass is 264 g/mol. The number of likely N-dealkylation sites (tertiary alicyclic amines) is 1. The second kappa shape index (κ2) is 6.13. The number of piperidine rings is 1. The van der Waals surface area contributed by atoms with Crippen LogP contribution in [0.3, 0.4) is 0 Å². The predicted molar refractivity (Wildman–Crippen MR) is 81.4 cm³/mol. The highest BCUT2D eigenvalue weighted by molar-refractivity contribution is 5.05. The van der Waals surface area contributed by atoms with Crippen LogP contribution in [0.1, 0.15) is 71.1 Å². The number of hydrogen-bond donors (Lipinski definition) is 1. The van der Waals surface area contributed by atoms with Crippen molar-refractivity contribution in [3.8, 4) is 0 Å². The van der Waals surface area contributed by atoms with Gasteiger partial charge in [-0.1, -0.05) is 39.0 Å². The highest BCUT2D eigenvalue weighted by atomic mass is 15.2. The van der Waals surface area contributed by atoms with Crippen LogP contribution in [0.2, 0.25) is 0 Å². The maximum atomic E-state index is 3.89. The molecule has 1 N–H and O–H groups in total. The molecule has 110 valence electrons. The number of nitrogens with one attached hydrogen (secondary N) is 1. The van der Waals surface area contributed by atoms with Gasteiger partial charge in [-0.3, -0.25) is 4.90 Å². The summed E-state index contributed by atoms with van der Waals surface area (Å²) < 4.78 is 0. The molecule has 0 aromatic heterocycles. The first-order valence-corrected chi connectivity index (χ1v) is 8.83. The van der Waals surface area contributed by atoms with Crippen molar-refractivity contribution in [1.82, 2.24) is 10.2 Å². The van der Waals surface area contributed by atoms with Crippen molar-refractivity contribution in [1.29, 1.82) is 0 Å². The molecule has 1 atom stereocenters. The van der Waals surface area contributed by atoms with Gasteiger partial charge >= 0.3 is 0 Å². The molecule has 0 bridgehead atoms. The Morgan fingerprint density at radius 3 is 2.32 bits per heavy atom. The summed E-state index contributed by atoms with van der Waals surface area (Å²) in [5, 5.41) is 3.89. The van der Waals surface area contributed by atoms with Gasteiger partial charge in [0.25, 0.3) is 0 Å². The van der Waals surface area contributed by atoms with Gasteiger partial charge < -0.3 is 5.32 Å². The third-order valence-corrected chi connectivity index (χ3v) is 5.82. The molecule has 0 aromatic carbocycles. The van der Waals surface area contributed by atoms with Gasteiger partial charge in [-0.2, -0.15) is 0 Å². The van der Waals surface area contributed by atoms with Gasteiger partial charge in [-0.05, 0) is 57.7 Å². The van der Waals surface area contributed by atoms with Gasteiger partial charge in [0.1, 0.15) is 0 Å². The van der Waals surface area contributed by atoms with Crippen LogP contribution in [0.5, 0.6) is 0 Å². The van der Waals surface area contributed by atoms with Crippen molar-refractivity contribution in [3.63, 3.8) is 0 Å². The average molecular weight is 264 g/mol. The molecule has 0 amide bonds. The zero-order chi connectivity index (χ0) is 13.1. The Morgan fingerprint density at radius 1 is 1.05 bits per heavy atom. The van der Waals surface area contributed by atoms with Gasteiger partial charge in [0.2, 0.25) is 0 Å². The van der Waals surface area contributed by atoms with E-state index in [-0.39, 0.29) is 0 Å². The van der Waals surface area contributed by atoms with Gasteiger partial charge in [0.15, 0.2) is 0 Å².